The molecule has 0 aliphatic carbocycles. The second-order valence-corrected chi connectivity index (χ2v) is 2.80. The highest BCUT2D eigenvalue weighted by Gasteiger charge is 2.11. The fourth-order valence-electron chi connectivity index (χ4n) is 1.05. The first-order valence-electron chi connectivity index (χ1n) is 4.53. The molecule has 0 atom stereocenters. The lowest BCUT2D eigenvalue weighted by atomic mass is 10.0. The van der Waals surface area contributed by atoms with E-state index in [0.29, 0.717) is 0 Å². The van der Waals surface area contributed by atoms with Crippen LogP contribution in [0.2, 0.25) is 0 Å². The molecule has 0 saturated heterocycles. The van der Waals surface area contributed by atoms with Crippen molar-refractivity contribution in [1.29, 1.82) is 0 Å². The van der Waals surface area contributed by atoms with Crippen LogP contribution in [0.15, 0.2) is 0 Å². The number of amides is 1. The van der Waals surface area contributed by atoms with Crippen molar-refractivity contribution in [2.24, 2.45) is 5.92 Å². The van der Waals surface area contributed by atoms with Crippen LogP contribution in [0.25, 0.3) is 0 Å². The van der Waals surface area contributed by atoms with Gasteiger partial charge in [-0.05, 0) is 19.3 Å². The van der Waals surface area contributed by atoms with E-state index in [0.717, 1.165) is 25.8 Å². The van der Waals surface area contributed by atoms with Crippen LogP contribution in [-0.4, -0.2) is 12.5 Å². The summed E-state index contributed by atoms with van der Waals surface area (Å²) in [5.41, 5.74) is 0. The summed E-state index contributed by atoms with van der Waals surface area (Å²) >= 11 is 0. The highest BCUT2D eigenvalue weighted by Crippen LogP contribution is 2.06. The molecule has 0 fully saturated rings. The average Bonchev–Trinajstić information content (AvgIpc) is 2.03. The van der Waals surface area contributed by atoms with E-state index in [-0.39, 0.29) is 11.8 Å². The molecule has 0 aliphatic heterocycles. The number of hydrogen-bond donors (Lipinski definition) is 1. The van der Waals surface area contributed by atoms with E-state index in [1.165, 1.54) is 0 Å². The Morgan fingerprint density at radius 3 is 2.18 bits per heavy atom. The molecule has 2 heteroatoms. The van der Waals surface area contributed by atoms with Gasteiger partial charge in [0.25, 0.3) is 0 Å². The van der Waals surface area contributed by atoms with Gasteiger partial charge >= 0.3 is 0 Å². The Hall–Kier alpha value is -0.530. The van der Waals surface area contributed by atoms with Crippen LogP contribution in [0.4, 0.5) is 0 Å². The molecule has 1 N–H and O–H groups in total. The van der Waals surface area contributed by atoms with Crippen LogP contribution in [0.3, 0.4) is 0 Å². The van der Waals surface area contributed by atoms with Gasteiger partial charge in [0.1, 0.15) is 0 Å². The molecule has 0 spiro atoms. The first-order chi connectivity index (χ1) is 5.26. The standard InChI is InChI=1S/C9H19NO/c1-4-7-10-9(11)8(5-2)6-3/h8H,4-7H2,1-3H3,(H,10,11). The van der Waals surface area contributed by atoms with Crippen molar-refractivity contribution in [3.8, 4) is 0 Å². The fourth-order valence-corrected chi connectivity index (χ4v) is 1.05. The van der Waals surface area contributed by atoms with Crippen molar-refractivity contribution in [2.75, 3.05) is 6.54 Å². The van der Waals surface area contributed by atoms with Crippen molar-refractivity contribution in [3.05, 3.63) is 0 Å². The van der Waals surface area contributed by atoms with Gasteiger partial charge in [-0.15, -0.1) is 0 Å². The predicted octanol–water partition coefficient (Wildman–Crippen LogP) is 1.95. The number of rotatable bonds is 5. The Bertz CT molecular complexity index is 108. The second-order valence-electron chi connectivity index (χ2n) is 2.80. The molecule has 0 rings (SSSR count). The molecular formula is C9H19NO. The number of hydrogen-bond acceptors (Lipinski definition) is 1. The van der Waals surface area contributed by atoms with E-state index in [1.54, 1.807) is 0 Å². The highest BCUT2D eigenvalue weighted by molar-refractivity contribution is 5.78. The smallest absolute Gasteiger partial charge is 0.223 e. The van der Waals surface area contributed by atoms with E-state index in [2.05, 4.69) is 26.1 Å². The van der Waals surface area contributed by atoms with Gasteiger partial charge in [-0.25, -0.2) is 0 Å². The van der Waals surface area contributed by atoms with Gasteiger partial charge in [-0.1, -0.05) is 20.8 Å². The molecule has 0 aliphatic rings. The Morgan fingerprint density at radius 1 is 1.27 bits per heavy atom. The zero-order valence-electron chi connectivity index (χ0n) is 7.81. The quantitative estimate of drug-likeness (QED) is 0.649. The third-order valence-electron chi connectivity index (χ3n) is 1.91. The largest absolute Gasteiger partial charge is 0.356 e. The normalized spacial score (nSPS) is 10.2. The van der Waals surface area contributed by atoms with Crippen LogP contribution < -0.4 is 5.32 Å². The summed E-state index contributed by atoms with van der Waals surface area (Å²) in [4.78, 5) is 11.3. The van der Waals surface area contributed by atoms with Gasteiger partial charge in [-0.2, -0.15) is 0 Å². The van der Waals surface area contributed by atoms with Crippen LogP contribution in [0, 0.1) is 5.92 Å². The summed E-state index contributed by atoms with van der Waals surface area (Å²) in [6.45, 7) is 6.99. The molecule has 0 unspecified atom stereocenters. The minimum atomic E-state index is 0.219. The minimum Gasteiger partial charge on any atom is -0.356 e. The molecule has 0 radical (unpaired) electrons. The molecule has 2 nitrogen and oxygen atoms in total. The monoisotopic (exact) mass is 157 g/mol. The molecule has 0 aromatic heterocycles. The third-order valence-corrected chi connectivity index (χ3v) is 1.91. The Balaban J connectivity index is 3.61. The maximum Gasteiger partial charge on any atom is 0.223 e. The topological polar surface area (TPSA) is 29.1 Å². The molecule has 0 heterocycles. The Labute approximate surface area is 69.4 Å². The maximum atomic E-state index is 11.3. The fraction of sp³-hybridized carbons (Fsp3) is 0.889. The van der Waals surface area contributed by atoms with E-state index >= 15 is 0 Å². The van der Waals surface area contributed by atoms with Crippen molar-refractivity contribution >= 4 is 5.91 Å². The van der Waals surface area contributed by atoms with Crippen LogP contribution >= 0.6 is 0 Å². The zero-order valence-corrected chi connectivity index (χ0v) is 7.81. The van der Waals surface area contributed by atoms with E-state index in [4.69, 9.17) is 0 Å². The van der Waals surface area contributed by atoms with E-state index < -0.39 is 0 Å². The molecule has 66 valence electrons. The molecule has 0 bridgehead atoms. The first kappa shape index (κ1) is 10.5. The van der Waals surface area contributed by atoms with Crippen molar-refractivity contribution < 1.29 is 4.79 Å². The zero-order chi connectivity index (χ0) is 8.69. The van der Waals surface area contributed by atoms with E-state index in [1.807, 2.05) is 0 Å². The van der Waals surface area contributed by atoms with Gasteiger partial charge in [0, 0.05) is 12.5 Å². The lowest BCUT2D eigenvalue weighted by molar-refractivity contribution is -0.125. The summed E-state index contributed by atoms with van der Waals surface area (Å²) in [6.07, 6.45) is 2.92. The van der Waals surface area contributed by atoms with Gasteiger partial charge < -0.3 is 5.32 Å². The van der Waals surface area contributed by atoms with Gasteiger partial charge in [0.2, 0.25) is 5.91 Å². The van der Waals surface area contributed by atoms with Gasteiger partial charge in [-0.3, -0.25) is 4.79 Å². The van der Waals surface area contributed by atoms with Crippen molar-refractivity contribution in [3.63, 3.8) is 0 Å². The SMILES string of the molecule is CCCNC(=O)C(CC)CC. The lowest BCUT2D eigenvalue weighted by Gasteiger charge is -2.11. The lowest BCUT2D eigenvalue weighted by Crippen LogP contribution is -2.30. The van der Waals surface area contributed by atoms with Gasteiger partial charge in [0.05, 0.1) is 0 Å². The molecule has 1 amide bonds. The number of carbonyl (C=O) groups is 1. The average molecular weight is 157 g/mol. The van der Waals surface area contributed by atoms with Crippen molar-refractivity contribution in [1.82, 2.24) is 5.32 Å². The van der Waals surface area contributed by atoms with Crippen LogP contribution in [0.1, 0.15) is 40.0 Å². The second kappa shape index (κ2) is 6.20. The summed E-state index contributed by atoms with van der Waals surface area (Å²) < 4.78 is 0. The van der Waals surface area contributed by atoms with Crippen LogP contribution in [0.5, 0.6) is 0 Å². The maximum absolute atomic E-state index is 11.3. The molecular weight excluding hydrogens is 138 g/mol. The highest BCUT2D eigenvalue weighted by atomic mass is 16.1. The molecule has 0 aromatic rings. The summed E-state index contributed by atoms with van der Waals surface area (Å²) in [5, 5.41) is 2.90. The number of nitrogens with one attached hydrogen (secondary N) is 1. The number of carbonyl (C=O) groups excluding carboxylic acids is 1. The van der Waals surface area contributed by atoms with Gasteiger partial charge in [0.15, 0.2) is 0 Å². The third kappa shape index (κ3) is 4.02. The predicted molar refractivity (Wildman–Crippen MR) is 47.4 cm³/mol. The summed E-state index contributed by atoms with van der Waals surface area (Å²) in [6, 6.07) is 0. The summed E-state index contributed by atoms with van der Waals surface area (Å²) in [5.74, 6) is 0.443. The summed E-state index contributed by atoms with van der Waals surface area (Å²) in [7, 11) is 0. The Morgan fingerprint density at radius 2 is 1.82 bits per heavy atom. The van der Waals surface area contributed by atoms with E-state index in [9.17, 15) is 4.79 Å². The van der Waals surface area contributed by atoms with Crippen molar-refractivity contribution in [2.45, 2.75) is 40.0 Å². The molecule has 11 heavy (non-hydrogen) atoms. The van der Waals surface area contributed by atoms with Crippen LogP contribution in [-0.2, 0) is 4.79 Å². The first-order valence-corrected chi connectivity index (χ1v) is 4.53. The Kier molecular flexibility index (Phi) is 5.90. The molecule has 0 aromatic carbocycles. The minimum absolute atomic E-state index is 0.219. The molecule has 0 saturated carbocycles.